The van der Waals surface area contributed by atoms with Crippen LogP contribution in [-0.2, 0) is 4.79 Å². The molecule has 1 heterocycles. The van der Waals surface area contributed by atoms with Crippen molar-refractivity contribution >= 4 is 45.7 Å². The predicted molar refractivity (Wildman–Crippen MR) is 70.7 cm³/mol. The highest BCUT2D eigenvalue weighted by molar-refractivity contribution is 8.00. The standard InChI is InChI=1S/C10H8ClN3OS2/c11-7-3-1-2-4-8(7)16-5-9(15)13-10-14-12-6-17-10/h1-4,6H,5H2,(H,13,14,15). The summed E-state index contributed by atoms with van der Waals surface area (Å²) in [6.45, 7) is 0. The van der Waals surface area contributed by atoms with Gasteiger partial charge in [-0.3, -0.25) is 10.1 Å². The Balaban J connectivity index is 1.86. The van der Waals surface area contributed by atoms with Gasteiger partial charge in [-0.2, -0.15) is 0 Å². The minimum Gasteiger partial charge on any atom is -0.300 e. The third-order valence-corrected chi connectivity index (χ3v) is 3.92. The second-order valence-corrected chi connectivity index (χ2v) is 5.27. The Morgan fingerprint density at radius 2 is 2.29 bits per heavy atom. The van der Waals surface area contributed by atoms with E-state index in [1.165, 1.54) is 23.1 Å². The Bertz CT molecular complexity index is 504. The van der Waals surface area contributed by atoms with Crippen LogP contribution in [0.1, 0.15) is 0 Å². The van der Waals surface area contributed by atoms with Gasteiger partial charge in [0.15, 0.2) is 0 Å². The summed E-state index contributed by atoms with van der Waals surface area (Å²) >= 11 is 8.65. The molecule has 0 atom stereocenters. The summed E-state index contributed by atoms with van der Waals surface area (Å²) < 4.78 is 0. The van der Waals surface area contributed by atoms with Gasteiger partial charge >= 0.3 is 0 Å². The van der Waals surface area contributed by atoms with Crippen molar-refractivity contribution < 1.29 is 4.79 Å². The van der Waals surface area contributed by atoms with E-state index in [2.05, 4.69) is 15.5 Å². The number of aromatic nitrogens is 2. The molecule has 1 amide bonds. The van der Waals surface area contributed by atoms with Crippen LogP contribution in [0.3, 0.4) is 0 Å². The van der Waals surface area contributed by atoms with Crippen LogP contribution in [0.5, 0.6) is 0 Å². The molecule has 0 saturated heterocycles. The molecule has 17 heavy (non-hydrogen) atoms. The normalized spacial score (nSPS) is 10.2. The number of halogens is 1. The Labute approximate surface area is 111 Å². The van der Waals surface area contributed by atoms with Crippen LogP contribution in [0.4, 0.5) is 5.13 Å². The highest BCUT2D eigenvalue weighted by Crippen LogP contribution is 2.26. The average Bonchev–Trinajstić information content (AvgIpc) is 2.81. The van der Waals surface area contributed by atoms with E-state index in [-0.39, 0.29) is 5.91 Å². The summed E-state index contributed by atoms with van der Waals surface area (Å²) in [7, 11) is 0. The summed E-state index contributed by atoms with van der Waals surface area (Å²) in [5.41, 5.74) is 1.57. The van der Waals surface area contributed by atoms with Crippen LogP contribution in [0.2, 0.25) is 5.02 Å². The molecule has 2 aromatic rings. The van der Waals surface area contributed by atoms with Crippen molar-refractivity contribution in [3.05, 3.63) is 34.8 Å². The van der Waals surface area contributed by atoms with Gasteiger partial charge in [-0.25, -0.2) is 0 Å². The van der Waals surface area contributed by atoms with Gasteiger partial charge in [0.25, 0.3) is 0 Å². The molecule has 88 valence electrons. The van der Waals surface area contributed by atoms with Gasteiger partial charge in [-0.15, -0.1) is 22.0 Å². The first-order valence-corrected chi connectivity index (χ1v) is 6.93. The number of hydrogen-bond acceptors (Lipinski definition) is 5. The van der Waals surface area contributed by atoms with Crippen LogP contribution in [0.15, 0.2) is 34.7 Å². The number of benzene rings is 1. The number of carbonyl (C=O) groups excluding carboxylic acids is 1. The lowest BCUT2D eigenvalue weighted by Gasteiger charge is -2.03. The van der Waals surface area contributed by atoms with E-state index in [4.69, 9.17) is 11.6 Å². The van der Waals surface area contributed by atoms with Crippen molar-refractivity contribution in [2.45, 2.75) is 4.90 Å². The zero-order valence-electron chi connectivity index (χ0n) is 8.59. The average molecular weight is 286 g/mol. The molecule has 1 aromatic heterocycles. The lowest BCUT2D eigenvalue weighted by Crippen LogP contribution is -2.13. The molecule has 0 saturated carbocycles. The zero-order chi connectivity index (χ0) is 12.1. The van der Waals surface area contributed by atoms with Crippen LogP contribution in [-0.4, -0.2) is 21.9 Å². The third kappa shape index (κ3) is 3.69. The van der Waals surface area contributed by atoms with Crippen molar-refractivity contribution in [2.24, 2.45) is 0 Å². The molecular formula is C10H8ClN3OS2. The quantitative estimate of drug-likeness (QED) is 0.878. The molecule has 4 nitrogen and oxygen atoms in total. The highest BCUT2D eigenvalue weighted by atomic mass is 35.5. The van der Waals surface area contributed by atoms with Crippen LogP contribution in [0.25, 0.3) is 0 Å². The molecule has 0 aliphatic heterocycles. The third-order valence-electron chi connectivity index (χ3n) is 1.80. The summed E-state index contributed by atoms with van der Waals surface area (Å²) in [4.78, 5) is 12.4. The summed E-state index contributed by atoms with van der Waals surface area (Å²) in [6.07, 6.45) is 0. The van der Waals surface area contributed by atoms with Crippen LogP contribution in [0, 0.1) is 0 Å². The van der Waals surface area contributed by atoms with Crippen molar-refractivity contribution in [2.75, 3.05) is 11.1 Å². The number of thioether (sulfide) groups is 1. The van der Waals surface area contributed by atoms with Crippen LogP contribution >= 0.6 is 34.7 Å². The largest absolute Gasteiger partial charge is 0.300 e. The first-order chi connectivity index (χ1) is 8.25. The smallest absolute Gasteiger partial charge is 0.236 e. The van der Waals surface area contributed by atoms with Gasteiger partial charge in [-0.1, -0.05) is 35.1 Å². The van der Waals surface area contributed by atoms with E-state index >= 15 is 0 Å². The fourth-order valence-electron chi connectivity index (χ4n) is 1.09. The molecule has 0 aliphatic rings. The van der Waals surface area contributed by atoms with E-state index in [1.807, 2.05) is 18.2 Å². The zero-order valence-corrected chi connectivity index (χ0v) is 11.0. The SMILES string of the molecule is O=C(CSc1ccccc1Cl)Nc1nncs1. The second-order valence-electron chi connectivity index (χ2n) is 3.01. The number of amides is 1. The van der Waals surface area contributed by atoms with Gasteiger partial charge in [0, 0.05) is 4.90 Å². The number of hydrogen-bond donors (Lipinski definition) is 1. The molecular weight excluding hydrogens is 278 g/mol. The molecule has 0 fully saturated rings. The highest BCUT2D eigenvalue weighted by Gasteiger charge is 2.07. The Morgan fingerprint density at radius 3 is 3.00 bits per heavy atom. The van der Waals surface area contributed by atoms with E-state index in [9.17, 15) is 4.79 Å². The Hall–Kier alpha value is -1.11. The first-order valence-electron chi connectivity index (χ1n) is 4.69. The van der Waals surface area contributed by atoms with E-state index in [0.717, 1.165) is 4.90 Å². The maximum absolute atomic E-state index is 11.6. The van der Waals surface area contributed by atoms with Crippen molar-refractivity contribution in [1.29, 1.82) is 0 Å². The maximum Gasteiger partial charge on any atom is 0.236 e. The molecule has 0 aliphatic carbocycles. The van der Waals surface area contributed by atoms with Crippen molar-refractivity contribution in [3.8, 4) is 0 Å². The molecule has 0 unspecified atom stereocenters. The van der Waals surface area contributed by atoms with Gasteiger partial charge in [0.1, 0.15) is 5.51 Å². The Morgan fingerprint density at radius 1 is 1.47 bits per heavy atom. The Kier molecular flexibility index (Phi) is 4.36. The molecule has 1 N–H and O–H groups in total. The minimum absolute atomic E-state index is 0.119. The lowest BCUT2D eigenvalue weighted by molar-refractivity contribution is -0.113. The molecule has 7 heteroatoms. The first kappa shape index (κ1) is 12.3. The monoisotopic (exact) mass is 285 g/mol. The number of nitrogens with zero attached hydrogens (tertiary/aromatic N) is 2. The molecule has 0 spiro atoms. The van der Waals surface area contributed by atoms with E-state index in [1.54, 1.807) is 11.6 Å². The van der Waals surface area contributed by atoms with Gasteiger partial charge in [0.2, 0.25) is 11.0 Å². The molecule has 0 radical (unpaired) electrons. The summed E-state index contributed by atoms with van der Waals surface area (Å²) in [6, 6.07) is 7.42. The van der Waals surface area contributed by atoms with Crippen molar-refractivity contribution in [3.63, 3.8) is 0 Å². The molecule has 2 rings (SSSR count). The number of rotatable bonds is 4. The molecule has 0 bridgehead atoms. The molecule has 1 aromatic carbocycles. The van der Waals surface area contributed by atoms with Crippen molar-refractivity contribution in [1.82, 2.24) is 10.2 Å². The topological polar surface area (TPSA) is 54.9 Å². The lowest BCUT2D eigenvalue weighted by atomic mass is 10.4. The van der Waals surface area contributed by atoms with Gasteiger partial charge in [0.05, 0.1) is 10.8 Å². The summed E-state index contributed by atoms with van der Waals surface area (Å²) in [5.74, 6) is 0.176. The van der Waals surface area contributed by atoms with Gasteiger partial charge < -0.3 is 0 Å². The number of nitrogens with one attached hydrogen (secondary N) is 1. The predicted octanol–water partition coefficient (Wildman–Crippen LogP) is 2.92. The number of carbonyl (C=O) groups is 1. The second kappa shape index (κ2) is 6.00. The summed E-state index contributed by atoms with van der Waals surface area (Å²) in [5, 5.41) is 11.2. The van der Waals surface area contributed by atoms with E-state index < -0.39 is 0 Å². The van der Waals surface area contributed by atoms with Gasteiger partial charge in [-0.05, 0) is 12.1 Å². The maximum atomic E-state index is 11.6. The van der Waals surface area contributed by atoms with Crippen LogP contribution < -0.4 is 5.32 Å². The number of anilines is 1. The fourth-order valence-corrected chi connectivity index (χ4v) is 2.59. The fraction of sp³-hybridized carbons (Fsp3) is 0.100. The minimum atomic E-state index is -0.119. The van der Waals surface area contributed by atoms with E-state index in [0.29, 0.717) is 15.9 Å².